The van der Waals surface area contributed by atoms with Gasteiger partial charge in [-0.2, -0.15) is 5.26 Å². The van der Waals surface area contributed by atoms with E-state index < -0.39 is 5.54 Å². The Balaban J connectivity index is 2.43. The van der Waals surface area contributed by atoms with E-state index in [4.69, 9.17) is 10.00 Å². The predicted octanol–water partition coefficient (Wildman–Crippen LogP) is 1.84. The van der Waals surface area contributed by atoms with Crippen LogP contribution in [0.1, 0.15) is 19.4 Å². The van der Waals surface area contributed by atoms with Gasteiger partial charge in [-0.1, -0.05) is 18.2 Å². The van der Waals surface area contributed by atoms with Gasteiger partial charge >= 0.3 is 6.03 Å². The number of nitrogens with one attached hydrogen (secondary N) is 2. The van der Waals surface area contributed by atoms with E-state index >= 15 is 0 Å². The Labute approximate surface area is 113 Å². The summed E-state index contributed by atoms with van der Waals surface area (Å²) in [7, 11) is 1.62. The lowest BCUT2D eigenvalue weighted by atomic mass is 10.1. The maximum atomic E-state index is 11.6. The lowest BCUT2D eigenvalue weighted by molar-refractivity contribution is 0.235. The quantitative estimate of drug-likeness (QED) is 0.849. The highest BCUT2D eigenvalue weighted by molar-refractivity contribution is 5.75. The predicted molar refractivity (Wildman–Crippen MR) is 72.9 cm³/mol. The van der Waals surface area contributed by atoms with Gasteiger partial charge in [-0.15, -0.1) is 0 Å². The molecule has 0 heterocycles. The Morgan fingerprint density at radius 3 is 2.74 bits per heavy atom. The third-order valence-corrected chi connectivity index (χ3v) is 2.58. The van der Waals surface area contributed by atoms with E-state index in [1.54, 1.807) is 21.0 Å². The summed E-state index contributed by atoms with van der Waals surface area (Å²) in [6, 6.07) is 9.33. The number of ether oxygens (including phenoxy) is 1. The van der Waals surface area contributed by atoms with E-state index in [9.17, 15) is 4.79 Å². The van der Waals surface area contributed by atoms with Crippen LogP contribution in [0.3, 0.4) is 0 Å². The molecule has 5 heteroatoms. The molecular weight excluding hydrogens is 242 g/mol. The molecule has 2 N–H and O–H groups in total. The Hall–Kier alpha value is -2.22. The number of para-hydroxylation sites is 1. The Kier molecular flexibility index (Phi) is 5.19. The number of carbonyl (C=O) groups excluding carboxylic acids is 1. The first-order valence-corrected chi connectivity index (χ1v) is 6.07. The van der Waals surface area contributed by atoms with E-state index in [0.29, 0.717) is 13.0 Å². The summed E-state index contributed by atoms with van der Waals surface area (Å²) in [4.78, 5) is 11.6. The minimum atomic E-state index is -0.867. The fraction of sp³-hybridized carbons (Fsp3) is 0.429. The van der Waals surface area contributed by atoms with Gasteiger partial charge in [0.05, 0.1) is 13.2 Å². The number of methoxy groups -OCH3 is 1. The van der Waals surface area contributed by atoms with Crippen LogP contribution in [0.15, 0.2) is 24.3 Å². The molecule has 2 amide bonds. The maximum Gasteiger partial charge on any atom is 0.316 e. The minimum Gasteiger partial charge on any atom is -0.496 e. The van der Waals surface area contributed by atoms with Gasteiger partial charge in [0.15, 0.2) is 0 Å². The second-order valence-electron chi connectivity index (χ2n) is 4.68. The molecule has 0 saturated carbocycles. The molecule has 1 aromatic rings. The van der Waals surface area contributed by atoms with Gasteiger partial charge in [0.2, 0.25) is 0 Å². The Bertz CT molecular complexity index is 478. The van der Waals surface area contributed by atoms with Gasteiger partial charge in [-0.05, 0) is 31.9 Å². The molecule has 5 nitrogen and oxygen atoms in total. The van der Waals surface area contributed by atoms with Crippen molar-refractivity contribution in [2.24, 2.45) is 0 Å². The third kappa shape index (κ3) is 4.88. The summed E-state index contributed by atoms with van der Waals surface area (Å²) in [6.07, 6.45) is 0.671. The smallest absolute Gasteiger partial charge is 0.316 e. The first kappa shape index (κ1) is 14.8. The molecule has 0 unspecified atom stereocenters. The fourth-order valence-electron chi connectivity index (χ4n) is 1.58. The number of nitriles is 1. The molecule has 1 aromatic carbocycles. The molecule has 102 valence electrons. The van der Waals surface area contributed by atoms with Gasteiger partial charge in [0.1, 0.15) is 11.3 Å². The molecule has 0 fully saturated rings. The molecule has 0 spiro atoms. The molecule has 0 aromatic heterocycles. The molecule has 19 heavy (non-hydrogen) atoms. The van der Waals surface area contributed by atoms with Crippen LogP contribution < -0.4 is 15.4 Å². The van der Waals surface area contributed by atoms with Crippen molar-refractivity contribution >= 4 is 6.03 Å². The van der Waals surface area contributed by atoms with E-state index in [2.05, 4.69) is 10.6 Å². The number of urea groups is 1. The number of rotatable bonds is 5. The number of nitrogens with zero attached hydrogens (tertiary/aromatic N) is 1. The van der Waals surface area contributed by atoms with E-state index in [1.807, 2.05) is 30.3 Å². The van der Waals surface area contributed by atoms with Crippen molar-refractivity contribution < 1.29 is 9.53 Å². The number of hydrogen-bond donors (Lipinski definition) is 2. The Morgan fingerprint density at radius 1 is 1.42 bits per heavy atom. The van der Waals surface area contributed by atoms with Crippen LogP contribution in [0.5, 0.6) is 5.75 Å². The molecule has 0 aliphatic heterocycles. The molecule has 0 aliphatic carbocycles. The zero-order valence-electron chi connectivity index (χ0n) is 11.5. The summed E-state index contributed by atoms with van der Waals surface area (Å²) in [5, 5.41) is 14.1. The molecule has 0 atom stereocenters. The number of carbonyl (C=O) groups is 1. The van der Waals surface area contributed by atoms with Crippen LogP contribution in [0, 0.1) is 11.3 Å². The van der Waals surface area contributed by atoms with Crippen LogP contribution in [-0.4, -0.2) is 25.2 Å². The molecule has 0 radical (unpaired) electrons. The first-order valence-electron chi connectivity index (χ1n) is 6.07. The van der Waals surface area contributed by atoms with Crippen molar-refractivity contribution in [3.05, 3.63) is 29.8 Å². The van der Waals surface area contributed by atoms with Crippen LogP contribution >= 0.6 is 0 Å². The van der Waals surface area contributed by atoms with E-state index in [-0.39, 0.29) is 6.03 Å². The standard InChI is InChI=1S/C14H19N3O2/c1-14(2,10-15)17-13(18)16-9-8-11-6-4-5-7-12(11)19-3/h4-7H,8-9H2,1-3H3,(H2,16,17,18). The molecule has 0 saturated heterocycles. The highest BCUT2D eigenvalue weighted by atomic mass is 16.5. The second-order valence-corrected chi connectivity index (χ2v) is 4.68. The monoisotopic (exact) mass is 261 g/mol. The number of hydrogen-bond acceptors (Lipinski definition) is 3. The summed E-state index contributed by atoms with van der Waals surface area (Å²) in [5.41, 5.74) is 0.166. The Morgan fingerprint density at radius 2 is 2.11 bits per heavy atom. The average Bonchev–Trinajstić information content (AvgIpc) is 2.38. The van der Waals surface area contributed by atoms with E-state index in [0.717, 1.165) is 11.3 Å². The van der Waals surface area contributed by atoms with Crippen molar-refractivity contribution in [2.75, 3.05) is 13.7 Å². The van der Waals surface area contributed by atoms with E-state index in [1.165, 1.54) is 0 Å². The summed E-state index contributed by atoms with van der Waals surface area (Å²) < 4.78 is 5.23. The largest absolute Gasteiger partial charge is 0.496 e. The van der Waals surface area contributed by atoms with Crippen molar-refractivity contribution in [1.29, 1.82) is 5.26 Å². The third-order valence-electron chi connectivity index (χ3n) is 2.58. The SMILES string of the molecule is COc1ccccc1CCNC(=O)NC(C)(C)C#N. The zero-order chi connectivity index (χ0) is 14.3. The van der Waals surface area contributed by atoms with Crippen molar-refractivity contribution in [3.63, 3.8) is 0 Å². The van der Waals surface area contributed by atoms with Crippen molar-refractivity contribution in [1.82, 2.24) is 10.6 Å². The molecular formula is C14H19N3O2. The van der Waals surface area contributed by atoms with Gasteiger partial charge < -0.3 is 15.4 Å². The van der Waals surface area contributed by atoms with Gasteiger partial charge in [0.25, 0.3) is 0 Å². The van der Waals surface area contributed by atoms with Gasteiger partial charge in [-0.25, -0.2) is 4.79 Å². The van der Waals surface area contributed by atoms with Crippen molar-refractivity contribution in [2.45, 2.75) is 25.8 Å². The zero-order valence-corrected chi connectivity index (χ0v) is 11.5. The molecule has 0 bridgehead atoms. The molecule has 1 rings (SSSR count). The van der Waals surface area contributed by atoms with Crippen LogP contribution in [0.25, 0.3) is 0 Å². The fourth-order valence-corrected chi connectivity index (χ4v) is 1.58. The minimum absolute atomic E-state index is 0.346. The average molecular weight is 261 g/mol. The summed E-state index contributed by atoms with van der Waals surface area (Å²) in [5.74, 6) is 0.807. The second kappa shape index (κ2) is 6.64. The van der Waals surface area contributed by atoms with Gasteiger partial charge in [0, 0.05) is 6.54 Å². The lowest BCUT2D eigenvalue weighted by Crippen LogP contribution is -2.47. The lowest BCUT2D eigenvalue weighted by Gasteiger charge is -2.18. The topological polar surface area (TPSA) is 74.2 Å². The van der Waals surface area contributed by atoms with Crippen LogP contribution in [0.2, 0.25) is 0 Å². The maximum absolute atomic E-state index is 11.6. The number of amides is 2. The van der Waals surface area contributed by atoms with Gasteiger partial charge in [-0.3, -0.25) is 0 Å². The molecule has 0 aliphatic rings. The highest BCUT2D eigenvalue weighted by Crippen LogP contribution is 2.17. The van der Waals surface area contributed by atoms with Crippen LogP contribution in [0.4, 0.5) is 4.79 Å². The summed E-state index contributed by atoms with van der Waals surface area (Å²) >= 11 is 0. The van der Waals surface area contributed by atoms with Crippen LogP contribution in [-0.2, 0) is 6.42 Å². The normalized spacial score (nSPS) is 10.4. The first-order chi connectivity index (χ1) is 8.98. The highest BCUT2D eigenvalue weighted by Gasteiger charge is 2.18. The summed E-state index contributed by atoms with van der Waals surface area (Å²) in [6.45, 7) is 3.77. The number of benzene rings is 1. The van der Waals surface area contributed by atoms with Crippen molar-refractivity contribution in [3.8, 4) is 11.8 Å².